The molecule has 2 atom stereocenters. The van der Waals surface area contributed by atoms with Crippen LogP contribution < -0.4 is 9.46 Å². The maximum atomic E-state index is 13.2. The van der Waals surface area contributed by atoms with Gasteiger partial charge >= 0.3 is 0 Å². The molecule has 1 aliphatic heterocycles. The third-order valence-corrected chi connectivity index (χ3v) is 6.48. The fourth-order valence-corrected chi connectivity index (χ4v) is 5.20. The molecule has 9 heteroatoms. The number of rotatable bonds is 6. The molecule has 2 aromatic carbocycles. The highest BCUT2D eigenvalue weighted by Gasteiger charge is 2.29. The minimum atomic E-state index is -4.00. The Bertz CT molecular complexity index is 1020. The first kappa shape index (κ1) is 22.6. The van der Waals surface area contributed by atoms with Gasteiger partial charge in [-0.2, -0.15) is 0 Å². The van der Waals surface area contributed by atoms with E-state index in [9.17, 15) is 13.2 Å². The Balaban J connectivity index is 1.93. The van der Waals surface area contributed by atoms with Crippen LogP contribution in [0.3, 0.4) is 0 Å². The van der Waals surface area contributed by atoms with Crippen molar-refractivity contribution in [1.82, 2.24) is 4.90 Å². The lowest BCUT2D eigenvalue weighted by Crippen LogP contribution is -2.48. The largest absolute Gasteiger partial charge is 0.492 e. The summed E-state index contributed by atoms with van der Waals surface area (Å²) in [5.74, 6) is 0.00223. The number of halogens is 1. The molecule has 2 unspecified atom stereocenters. The standard InChI is InChI=1S/C21H25BrN2O5S/c1-4-28-19-10-9-16(22)11-20(19)30(26,27)23-18-8-6-5-7-17(18)21(25)24-12-14(2)29-15(3)13-24/h5-11,14-15,23H,4,12-13H2,1-3H3. The van der Waals surface area contributed by atoms with Crippen molar-refractivity contribution in [3.05, 3.63) is 52.5 Å². The second-order valence-corrected chi connectivity index (χ2v) is 9.71. The molecule has 1 fully saturated rings. The van der Waals surface area contributed by atoms with Crippen LogP contribution in [0.4, 0.5) is 5.69 Å². The van der Waals surface area contributed by atoms with Crippen molar-refractivity contribution >= 4 is 37.5 Å². The van der Waals surface area contributed by atoms with Crippen LogP contribution in [0.25, 0.3) is 0 Å². The van der Waals surface area contributed by atoms with E-state index in [4.69, 9.17) is 9.47 Å². The molecule has 3 rings (SSSR count). The molecule has 1 N–H and O–H groups in total. The second-order valence-electron chi connectivity index (χ2n) is 7.14. The van der Waals surface area contributed by atoms with E-state index in [2.05, 4.69) is 20.7 Å². The van der Waals surface area contributed by atoms with Crippen molar-refractivity contribution in [3.8, 4) is 5.75 Å². The van der Waals surface area contributed by atoms with E-state index in [1.807, 2.05) is 13.8 Å². The van der Waals surface area contributed by atoms with Crippen LogP contribution in [0.1, 0.15) is 31.1 Å². The molecule has 7 nitrogen and oxygen atoms in total. The average molecular weight is 497 g/mol. The molecule has 30 heavy (non-hydrogen) atoms. The fourth-order valence-electron chi connectivity index (χ4n) is 3.44. The van der Waals surface area contributed by atoms with Gasteiger partial charge in [0.1, 0.15) is 10.6 Å². The topological polar surface area (TPSA) is 84.9 Å². The van der Waals surface area contributed by atoms with Crippen molar-refractivity contribution in [2.75, 3.05) is 24.4 Å². The number of hydrogen-bond acceptors (Lipinski definition) is 5. The molecular weight excluding hydrogens is 472 g/mol. The molecule has 0 aromatic heterocycles. The molecule has 0 saturated carbocycles. The summed E-state index contributed by atoms with van der Waals surface area (Å²) in [4.78, 5) is 14.8. The molecule has 0 radical (unpaired) electrons. The number of nitrogens with zero attached hydrogens (tertiary/aromatic N) is 1. The Morgan fingerprint density at radius 2 is 1.87 bits per heavy atom. The van der Waals surface area contributed by atoms with E-state index in [0.29, 0.717) is 24.2 Å². The summed E-state index contributed by atoms with van der Waals surface area (Å²) in [6, 6.07) is 11.4. The van der Waals surface area contributed by atoms with Gasteiger partial charge in [-0.15, -0.1) is 0 Å². The summed E-state index contributed by atoms with van der Waals surface area (Å²) >= 11 is 3.31. The van der Waals surface area contributed by atoms with E-state index in [1.54, 1.807) is 48.2 Å². The maximum absolute atomic E-state index is 13.2. The number of sulfonamides is 1. The zero-order chi connectivity index (χ0) is 21.9. The van der Waals surface area contributed by atoms with Gasteiger partial charge in [0.2, 0.25) is 0 Å². The zero-order valence-electron chi connectivity index (χ0n) is 17.1. The number of morpholine rings is 1. The highest BCUT2D eigenvalue weighted by Crippen LogP contribution is 2.30. The first-order chi connectivity index (χ1) is 14.2. The molecule has 0 aliphatic carbocycles. The SMILES string of the molecule is CCOc1ccc(Br)cc1S(=O)(=O)Nc1ccccc1C(=O)N1CC(C)OC(C)C1. The molecule has 1 amide bonds. The Labute approximate surface area is 185 Å². The van der Waals surface area contributed by atoms with Gasteiger partial charge in [-0.3, -0.25) is 9.52 Å². The van der Waals surface area contributed by atoms with Crippen molar-refractivity contribution in [2.24, 2.45) is 0 Å². The number of amides is 1. The number of benzene rings is 2. The van der Waals surface area contributed by atoms with E-state index in [0.717, 1.165) is 0 Å². The van der Waals surface area contributed by atoms with E-state index in [-0.39, 0.29) is 40.0 Å². The van der Waals surface area contributed by atoms with Gasteiger partial charge in [0.15, 0.2) is 0 Å². The number of para-hydroxylation sites is 1. The van der Waals surface area contributed by atoms with Gasteiger partial charge in [0, 0.05) is 17.6 Å². The monoisotopic (exact) mass is 496 g/mol. The van der Waals surface area contributed by atoms with Gasteiger partial charge < -0.3 is 14.4 Å². The van der Waals surface area contributed by atoms with Gasteiger partial charge in [-0.1, -0.05) is 28.1 Å². The highest BCUT2D eigenvalue weighted by molar-refractivity contribution is 9.10. The number of ether oxygens (including phenoxy) is 2. The maximum Gasteiger partial charge on any atom is 0.265 e. The summed E-state index contributed by atoms with van der Waals surface area (Å²) in [6.45, 7) is 6.83. The second kappa shape index (κ2) is 9.36. The van der Waals surface area contributed by atoms with Crippen LogP contribution in [0.2, 0.25) is 0 Å². The van der Waals surface area contributed by atoms with Crippen molar-refractivity contribution in [2.45, 2.75) is 37.9 Å². The van der Waals surface area contributed by atoms with Crippen LogP contribution in [0.15, 0.2) is 51.8 Å². The molecule has 1 aliphatic rings. The summed E-state index contributed by atoms with van der Waals surface area (Å²) in [5.41, 5.74) is 0.507. The van der Waals surface area contributed by atoms with Crippen molar-refractivity contribution in [3.63, 3.8) is 0 Å². The molecule has 2 aromatic rings. The van der Waals surface area contributed by atoms with Crippen LogP contribution in [-0.2, 0) is 14.8 Å². The Morgan fingerprint density at radius 1 is 1.20 bits per heavy atom. The number of carbonyl (C=O) groups is 1. The Hall–Kier alpha value is -2.10. The first-order valence-electron chi connectivity index (χ1n) is 9.70. The summed E-state index contributed by atoms with van der Waals surface area (Å²) in [7, 11) is -4.00. The smallest absolute Gasteiger partial charge is 0.265 e. The number of anilines is 1. The van der Waals surface area contributed by atoms with Crippen molar-refractivity contribution < 1.29 is 22.7 Å². The molecule has 1 saturated heterocycles. The Kier molecular flexibility index (Phi) is 7.05. The lowest BCUT2D eigenvalue weighted by Gasteiger charge is -2.35. The minimum Gasteiger partial charge on any atom is -0.492 e. The molecule has 162 valence electrons. The summed E-state index contributed by atoms with van der Waals surface area (Å²) < 4.78 is 40.6. The van der Waals surface area contributed by atoms with E-state index in [1.165, 1.54) is 6.07 Å². The summed E-state index contributed by atoms with van der Waals surface area (Å²) in [5, 5.41) is 0. The third kappa shape index (κ3) is 5.14. The lowest BCUT2D eigenvalue weighted by molar-refractivity contribution is -0.0585. The number of nitrogens with one attached hydrogen (secondary N) is 1. The molecule has 0 bridgehead atoms. The highest BCUT2D eigenvalue weighted by atomic mass is 79.9. The lowest BCUT2D eigenvalue weighted by atomic mass is 10.1. The van der Waals surface area contributed by atoms with Gasteiger partial charge in [0.25, 0.3) is 15.9 Å². The van der Waals surface area contributed by atoms with Crippen LogP contribution >= 0.6 is 15.9 Å². The quantitative estimate of drug-likeness (QED) is 0.655. The van der Waals surface area contributed by atoms with Crippen LogP contribution in [-0.4, -0.2) is 51.1 Å². The van der Waals surface area contributed by atoms with E-state index < -0.39 is 10.0 Å². The first-order valence-corrected chi connectivity index (χ1v) is 12.0. The van der Waals surface area contributed by atoms with Gasteiger partial charge in [-0.25, -0.2) is 8.42 Å². The Morgan fingerprint density at radius 3 is 2.53 bits per heavy atom. The fraction of sp³-hybridized carbons (Fsp3) is 0.381. The van der Waals surface area contributed by atoms with Crippen LogP contribution in [0, 0.1) is 0 Å². The molecule has 1 heterocycles. The van der Waals surface area contributed by atoms with Crippen LogP contribution in [0.5, 0.6) is 5.75 Å². The van der Waals surface area contributed by atoms with Crippen molar-refractivity contribution in [1.29, 1.82) is 0 Å². The normalized spacial score (nSPS) is 19.4. The predicted molar refractivity (Wildman–Crippen MR) is 118 cm³/mol. The van der Waals surface area contributed by atoms with Gasteiger partial charge in [-0.05, 0) is 51.1 Å². The number of carbonyl (C=O) groups excluding carboxylic acids is 1. The number of hydrogen-bond donors (Lipinski definition) is 1. The zero-order valence-corrected chi connectivity index (χ0v) is 19.5. The average Bonchev–Trinajstić information content (AvgIpc) is 2.68. The van der Waals surface area contributed by atoms with E-state index >= 15 is 0 Å². The predicted octanol–water partition coefficient (Wildman–Crippen LogP) is 3.90. The van der Waals surface area contributed by atoms with Gasteiger partial charge in [0.05, 0.1) is 30.1 Å². The minimum absolute atomic E-state index is 0.00501. The summed E-state index contributed by atoms with van der Waals surface area (Å²) in [6.07, 6.45) is -0.172. The molecule has 0 spiro atoms. The molecular formula is C21H25BrN2O5S. The third-order valence-electron chi connectivity index (χ3n) is 4.60.